The van der Waals surface area contributed by atoms with Crippen LogP contribution in [0.3, 0.4) is 0 Å². The molecular weight excluding hydrogens is 194 g/mol. The molecule has 1 N–H and O–H groups in total. The van der Waals surface area contributed by atoms with E-state index in [9.17, 15) is 9.59 Å². The summed E-state index contributed by atoms with van der Waals surface area (Å²) in [6.45, 7) is 3.92. The predicted molar refractivity (Wildman–Crippen MR) is 56.8 cm³/mol. The van der Waals surface area contributed by atoms with Crippen molar-refractivity contribution in [2.45, 2.75) is 13.8 Å². The van der Waals surface area contributed by atoms with E-state index in [-0.39, 0.29) is 0 Å². The number of carbonyl (C=O) groups excluding carboxylic acids is 2. The summed E-state index contributed by atoms with van der Waals surface area (Å²) in [5.74, 6) is -0.425. The van der Waals surface area contributed by atoms with Crippen LogP contribution in [0.2, 0.25) is 0 Å². The van der Waals surface area contributed by atoms with Crippen LogP contribution in [0.1, 0.15) is 22.8 Å². The number of amides is 1. The van der Waals surface area contributed by atoms with Crippen LogP contribution in [0.4, 0.5) is 5.69 Å². The molecule has 1 aromatic carbocycles. The third-order valence-electron chi connectivity index (χ3n) is 1.88. The van der Waals surface area contributed by atoms with Gasteiger partial charge < -0.3 is 10.1 Å². The van der Waals surface area contributed by atoms with Crippen LogP contribution in [0.5, 0.6) is 0 Å². The highest BCUT2D eigenvalue weighted by atomic mass is 16.5. The van der Waals surface area contributed by atoms with Crippen molar-refractivity contribution in [3.05, 3.63) is 29.3 Å². The zero-order chi connectivity index (χ0) is 11.3. The number of ether oxygens (including phenoxy) is 1. The molecule has 0 aromatic heterocycles. The molecule has 0 bridgehead atoms. The Balaban J connectivity index is 3.05. The van der Waals surface area contributed by atoms with Crippen molar-refractivity contribution in [1.29, 1.82) is 0 Å². The number of hydrogen-bond donors (Lipinski definition) is 1. The van der Waals surface area contributed by atoms with Gasteiger partial charge in [0, 0.05) is 0 Å². The number of rotatable bonds is 4. The van der Waals surface area contributed by atoms with E-state index in [1.54, 1.807) is 19.1 Å². The number of esters is 1. The summed E-state index contributed by atoms with van der Waals surface area (Å²) in [7, 11) is 0. The van der Waals surface area contributed by atoms with Gasteiger partial charge in [0.05, 0.1) is 17.9 Å². The molecule has 0 atom stereocenters. The highest BCUT2D eigenvalue weighted by Gasteiger charge is 2.11. The van der Waals surface area contributed by atoms with Gasteiger partial charge in [0.25, 0.3) is 0 Å². The first-order valence-electron chi connectivity index (χ1n) is 4.67. The van der Waals surface area contributed by atoms with Crippen LogP contribution in [-0.4, -0.2) is 19.0 Å². The first-order chi connectivity index (χ1) is 7.19. The highest BCUT2D eigenvalue weighted by molar-refractivity contribution is 5.97. The molecule has 0 saturated heterocycles. The van der Waals surface area contributed by atoms with Gasteiger partial charge in [-0.3, -0.25) is 4.79 Å². The molecular formula is C11H13NO3. The Morgan fingerprint density at radius 2 is 2.27 bits per heavy atom. The molecule has 4 nitrogen and oxygen atoms in total. The summed E-state index contributed by atoms with van der Waals surface area (Å²) in [5, 5.41) is 2.46. The summed E-state index contributed by atoms with van der Waals surface area (Å²) < 4.78 is 4.88. The van der Waals surface area contributed by atoms with Crippen molar-refractivity contribution in [1.82, 2.24) is 0 Å². The topological polar surface area (TPSA) is 55.4 Å². The molecule has 0 radical (unpaired) electrons. The van der Waals surface area contributed by atoms with E-state index in [0.29, 0.717) is 24.3 Å². The molecule has 1 rings (SSSR count). The molecule has 0 spiro atoms. The molecule has 15 heavy (non-hydrogen) atoms. The van der Waals surface area contributed by atoms with Gasteiger partial charge in [0.2, 0.25) is 6.41 Å². The van der Waals surface area contributed by atoms with Gasteiger partial charge >= 0.3 is 5.97 Å². The summed E-state index contributed by atoms with van der Waals surface area (Å²) in [4.78, 5) is 21.8. The molecule has 0 aliphatic heterocycles. The number of aryl methyl sites for hydroxylation is 1. The van der Waals surface area contributed by atoms with E-state index in [1.807, 2.05) is 13.0 Å². The fourth-order valence-electron chi connectivity index (χ4n) is 1.23. The average Bonchev–Trinajstić information content (AvgIpc) is 2.21. The van der Waals surface area contributed by atoms with Crippen LogP contribution < -0.4 is 5.32 Å². The number of anilines is 1. The average molecular weight is 207 g/mol. The van der Waals surface area contributed by atoms with Crippen LogP contribution in [0.25, 0.3) is 0 Å². The first kappa shape index (κ1) is 11.2. The molecule has 0 unspecified atom stereocenters. The lowest BCUT2D eigenvalue weighted by Gasteiger charge is -2.08. The second-order valence-corrected chi connectivity index (χ2v) is 3.03. The second-order valence-electron chi connectivity index (χ2n) is 3.03. The lowest BCUT2D eigenvalue weighted by atomic mass is 10.1. The molecule has 80 valence electrons. The molecule has 1 amide bonds. The maximum Gasteiger partial charge on any atom is 0.340 e. The van der Waals surface area contributed by atoms with Gasteiger partial charge in [-0.25, -0.2) is 4.79 Å². The molecule has 4 heteroatoms. The van der Waals surface area contributed by atoms with Crippen molar-refractivity contribution in [3.63, 3.8) is 0 Å². The molecule has 0 aliphatic carbocycles. The zero-order valence-corrected chi connectivity index (χ0v) is 8.74. The standard InChI is InChI=1S/C11H13NO3/c1-3-15-11(14)9-6-8(2)4-5-10(9)12-7-13/h4-7H,3H2,1-2H3,(H,12,13). The van der Waals surface area contributed by atoms with E-state index in [2.05, 4.69) is 5.32 Å². The third-order valence-corrected chi connectivity index (χ3v) is 1.88. The van der Waals surface area contributed by atoms with Crippen LogP contribution >= 0.6 is 0 Å². The largest absolute Gasteiger partial charge is 0.462 e. The number of carbonyl (C=O) groups is 2. The van der Waals surface area contributed by atoms with E-state index in [0.717, 1.165) is 5.56 Å². The number of benzene rings is 1. The minimum Gasteiger partial charge on any atom is -0.462 e. The van der Waals surface area contributed by atoms with Crippen molar-refractivity contribution < 1.29 is 14.3 Å². The van der Waals surface area contributed by atoms with Gasteiger partial charge in [0.1, 0.15) is 0 Å². The van der Waals surface area contributed by atoms with Gasteiger partial charge in [-0.15, -0.1) is 0 Å². The van der Waals surface area contributed by atoms with E-state index in [4.69, 9.17) is 4.74 Å². The Morgan fingerprint density at radius 3 is 2.87 bits per heavy atom. The molecule has 0 heterocycles. The maximum absolute atomic E-state index is 11.5. The van der Waals surface area contributed by atoms with E-state index in [1.165, 1.54) is 0 Å². The van der Waals surface area contributed by atoms with Crippen LogP contribution in [0, 0.1) is 6.92 Å². The second kappa shape index (κ2) is 5.14. The fourth-order valence-corrected chi connectivity index (χ4v) is 1.23. The first-order valence-corrected chi connectivity index (χ1v) is 4.67. The Hall–Kier alpha value is -1.84. The minimum absolute atomic E-state index is 0.313. The van der Waals surface area contributed by atoms with Gasteiger partial charge in [0.15, 0.2) is 0 Å². The van der Waals surface area contributed by atoms with E-state index >= 15 is 0 Å². The summed E-state index contributed by atoms with van der Waals surface area (Å²) in [6, 6.07) is 5.17. The quantitative estimate of drug-likeness (QED) is 0.604. The molecule has 1 aromatic rings. The SMILES string of the molecule is CCOC(=O)c1cc(C)ccc1NC=O. The van der Waals surface area contributed by atoms with Crippen LogP contribution in [0.15, 0.2) is 18.2 Å². The van der Waals surface area contributed by atoms with Gasteiger partial charge in [-0.1, -0.05) is 11.6 Å². The van der Waals surface area contributed by atoms with Crippen LogP contribution in [-0.2, 0) is 9.53 Å². The number of hydrogen-bond acceptors (Lipinski definition) is 3. The number of nitrogens with one attached hydrogen (secondary N) is 1. The van der Waals surface area contributed by atoms with E-state index < -0.39 is 5.97 Å². The summed E-state index contributed by atoms with van der Waals surface area (Å²) >= 11 is 0. The van der Waals surface area contributed by atoms with Crippen molar-refractivity contribution in [2.75, 3.05) is 11.9 Å². The van der Waals surface area contributed by atoms with Gasteiger partial charge in [-0.05, 0) is 26.0 Å². The minimum atomic E-state index is -0.425. The monoisotopic (exact) mass is 207 g/mol. The predicted octanol–water partition coefficient (Wildman–Crippen LogP) is 1.74. The Morgan fingerprint density at radius 1 is 1.53 bits per heavy atom. The summed E-state index contributed by atoms with van der Waals surface area (Å²) in [6.07, 6.45) is 0.535. The smallest absolute Gasteiger partial charge is 0.340 e. The van der Waals surface area contributed by atoms with Crippen molar-refractivity contribution >= 4 is 18.1 Å². The lowest BCUT2D eigenvalue weighted by Crippen LogP contribution is -2.09. The Kier molecular flexibility index (Phi) is 3.85. The zero-order valence-electron chi connectivity index (χ0n) is 8.74. The molecule has 0 fully saturated rings. The fraction of sp³-hybridized carbons (Fsp3) is 0.273. The third kappa shape index (κ3) is 2.80. The van der Waals surface area contributed by atoms with Crippen molar-refractivity contribution in [3.8, 4) is 0 Å². The Labute approximate surface area is 88.2 Å². The molecule has 0 aliphatic rings. The normalized spacial score (nSPS) is 9.47. The Bertz CT molecular complexity index is 374. The molecule has 0 saturated carbocycles. The maximum atomic E-state index is 11.5. The lowest BCUT2D eigenvalue weighted by molar-refractivity contribution is -0.105. The highest BCUT2D eigenvalue weighted by Crippen LogP contribution is 2.17. The van der Waals surface area contributed by atoms with Gasteiger partial charge in [-0.2, -0.15) is 0 Å². The summed E-state index contributed by atoms with van der Waals surface area (Å²) in [5.41, 5.74) is 1.78. The van der Waals surface area contributed by atoms with Crippen molar-refractivity contribution in [2.24, 2.45) is 0 Å².